The standard InChI is InChI=1S/C31H29Cl2F2N3O3/c1-30(2,3)14-25-31(16-36,20-10-9-18(32)13-22(20)34)26(19-6-5-7-21(33)27(19)35)28(38-25)29(40)37-23-11-8-17(15-39)12-24(23)41-4/h5-13,15,25-26,28,38H,14H2,1-4H3,(H,37,40). The Labute approximate surface area is 247 Å². The number of benzene rings is 3. The Bertz CT molecular complexity index is 1540. The number of nitrogens with one attached hydrogen (secondary N) is 2. The van der Waals surface area contributed by atoms with Gasteiger partial charge in [0.25, 0.3) is 0 Å². The van der Waals surface area contributed by atoms with Crippen molar-refractivity contribution in [1.29, 1.82) is 5.26 Å². The van der Waals surface area contributed by atoms with E-state index in [1.54, 1.807) is 0 Å². The molecule has 10 heteroatoms. The van der Waals surface area contributed by atoms with Gasteiger partial charge in [-0.1, -0.05) is 62.2 Å². The van der Waals surface area contributed by atoms with Gasteiger partial charge in [0.2, 0.25) is 5.91 Å². The van der Waals surface area contributed by atoms with Gasteiger partial charge in [0.1, 0.15) is 29.1 Å². The Hall–Kier alpha value is -3.51. The van der Waals surface area contributed by atoms with Crippen molar-refractivity contribution < 1.29 is 23.1 Å². The summed E-state index contributed by atoms with van der Waals surface area (Å²) in [5.74, 6) is -3.16. The van der Waals surface area contributed by atoms with Crippen molar-refractivity contribution in [2.45, 2.75) is 50.6 Å². The second kappa shape index (κ2) is 11.8. The van der Waals surface area contributed by atoms with Gasteiger partial charge in [-0.05, 0) is 53.8 Å². The summed E-state index contributed by atoms with van der Waals surface area (Å²) < 4.78 is 36.9. The van der Waals surface area contributed by atoms with Crippen LogP contribution in [0, 0.1) is 28.4 Å². The van der Waals surface area contributed by atoms with Gasteiger partial charge < -0.3 is 15.4 Å². The first-order valence-electron chi connectivity index (χ1n) is 12.9. The second-order valence-corrected chi connectivity index (χ2v) is 12.1. The van der Waals surface area contributed by atoms with Crippen molar-refractivity contribution in [3.05, 3.63) is 93.0 Å². The highest BCUT2D eigenvalue weighted by atomic mass is 35.5. The maximum atomic E-state index is 15.8. The van der Waals surface area contributed by atoms with Crippen LogP contribution in [0.2, 0.25) is 10.0 Å². The Morgan fingerprint density at radius 1 is 1.17 bits per heavy atom. The number of rotatable bonds is 7. The quantitative estimate of drug-likeness (QED) is 0.284. The van der Waals surface area contributed by atoms with E-state index in [-0.39, 0.29) is 38.0 Å². The first-order chi connectivity index (χ1) is 19.4. The van der Waals surface area contributed by atoms with Crippen molar-refractivity contribution in [3.63, 3.8) is 0 Å². The Kier molecular flexibility index (Phi) is 8.74. The fourth-order valence-electron chi connectivity index (χ4n) is 5.65. The van der Waals surface area contributed by atoms with E-state index in [1.807, 2.05) is 20.8 Å². The molecule has 4 atom stereocenters. The molecule has 3 aromatic rings. The molecule has 1 amide bonds. The van der Waals surface area contributed by atoms with Gasteiger partial charge in [-0.2, -0.15) is 5.26 Å². The molecule has 6 nitrogen and oxygen atoms in total. The van der Waals surface area contributed by atoms with Gasteiger partial charge in [0, 0.05) is 28.1 Å². The molecule has 1 saturated heterocycles. The minimum Gasteiger partial charge on any atom is -0.495 e. The van der Waals surface area contributed by atoms with Crippen molar-refractivity contribution in [3.8, 4) is 11.8 Å². The molecular formula is C31H29Cl2F2N3O3. The lowest BCUT2D eigenvalue weighted by molar-refractivity contribution is -0.118. The topological polar surface area (TPSA) is 91.2 Å². The summed E-state index contributed by atoms with van der Waals surface area (Å²) in [7, 11) is 1.39. The van der Waals surface area contributed by atoms with Crippen LogP contribution in [0.15, 0.2) is 54.6 Å². The summed E-state index contributed by atoms with van der Waals surface area (Å²) in [6.07, 6.45) is 0.978. The van der Waals surface area contributed by atoms with Crippen molar-refractivity contribution in [1.82, 2.24) is 5.32 Å². The first-order valence-corrected chi connectivity index (χ1v) is 13.6. The molecule has 41 heavy (non-hydrogen) atoms. The highest BCUT2D eigenvalue weighted by Crippen LogP contribution is 2.53. The fourth-order valence-corrected chi connectivity index (χ4v) is 5.99. The molecule has 4 unspecified atom stereocenters. The lowest BCUT2D eigenvalue weighted by atomic mass is 9.62. The van der Waals surface area contributed by atoms with E-state index in [9.17, 15) is 14.9 Å². The highest BCUT2D eigenvalue weighted by molar-refractivity contribution is 6.31. The highest BCUT2D eigenvalue weighted by Gasteiger charge is 2.61. The zero-order valence-electron chi connectivity index (χ0n) is 22.9. The summed E-state index contributed by atoms with van der Waals surface area (Å²) in [4.78, 5) is 25.3. The smallest absolute Gasteiger partial charge is 0.242 e. The van der Waals surface area contributed by atoms with Crippen LogP contribution in [0.1, 0.15) is 54.6 Å². The number of hydrogen-bond acceptors (Lipinski definition) is 5. The number of amides is 1. The van der Waals surface area contributed by atoms with E-state index in [2.05, 4.69) is 16.7 Å². The maximum absolute atomic E-state index is 15.8. The molecule has 2 N–H and O–H groups in total. The van der Waals surface area contributed by atoms with Crippen molar-refractivity contribution in [2.75, 3.05) is 12.4 Å². The van der Waals surface area contributed by atoms with E-state index >= 15 is 8.78 Å². The van der Waals surface area contributed by atoms with E-state index in [0.29, 0.717) is 18.3 Å². The average molecular weight is 600 g/mol. The Morgan fingerprint density at radius 3 is 2.51 bits per heavy atom. The van der Waals surface area contributed by atoms with E-state index in [0.717, 1.165) is 6.07 Å². The molecule has 1 aliphatic heterocycles. The molecule has 4 rings (SSSR count). The molecule has 1 heterocycles. The number of methoxy groups -OCH3 is 1. The van der Waals surface area contributed by atoms with Crippen LogP contribution in [0.5, 0.6) is 5.75 Å². The molecule has 0 radical (unpaired) electrons. The minimum atomic E-state index is -1.75. The third kappa shape index (κ3) is 5.80. The third-order valence-corrected chi connectivity index (χ3v) is 7.88. The van der Waals surface area contributed by atoms with Crippen LogP contribution in [0.4, 0.5) is 14.5 Å². The molecule has 0 aliphatic carbocycles. The number of aldehydes is 1. The number of anilines is 1. The number of hydrogen-bond donors (Lipinski definition) is 2. The lowest BCUT2D eigenvalue weighted by Gasteiger charge is -2.37. The van der Waals surface area contributed by atoms with E-state index < -0.39 is 41.0 Å². The van der Waals surface area contributed by atoms with Gasteiger partial charge in [-0.15, -0.1) is 0 Å². The van der Waals surface area contributed by atoms with Gasteiger partial charge in [-0.3, -0.25) is 9.59 Å². The summed E-state index contributed by atoms with van der Waals surface area (Å²) >= 11 is 12.2. The maximum Gasteiger partial charge on any atom is 0.242 e. The molecule has 0 saturated carbocycles. The van der Waals surface area contributed by atoms with Crippen molar-refractivity contribution in [2.24, 2.45) is 5.41 Å². The molecule has 0 aromatic heterocycles. The molecule has 1 fully saturated rings. The number of carbonyl (C=O) groups is 2. The van der Waals surface area contributed by atoms with Gasteiger partial charge >= 0.3 is 0 Å². The third-order valence-electron chi connectivity index (χ3n) is 7.35. The zero-order chi connectivity index (χ0) is 30.1. The van der Waals surface area contributed by atoms with Crippen LogP contribution in [-0.2, 0) is 10.2 Å². The summed E-state index contributed by atoms with van der Waals surface area (Å²) in [6.45, 7) is 5.87. The van der Waals surface area contributed by atoms with E-state index in [4.69, 9.17) is 27.9 Å². The fraction of sp³-hybridized carbons (Fsp3) is 0.323. The van der Waals surface area contributed by atoms with Gasteiger partial charge in [0.05, 0.1) is 29.9 Å². The summed E-state index contributed by atoms with van der Waals surface area (Å²) in [6, 6.07) is 13.1. The molecule has 1 aliphatic rings. The predicted octanol–water partition coefficient (Wildman–Crippen LogP) is 7.05. The van der Waals surface area contributed by atoms with Crippen LogP contribution in [0.3, 0.4) is 0 Å². The van der Waals surface area contributed by atoms with Crippen LogP contribution >= 0.6 is 23.2 Å². The molecule has 0 bridgehead atoms. The number of nitriles is 1. The Balaban J connectivity index is 1.96. The molecule has 0 spiro atoms. The zero-order valence-corrected chi connectivity index (χ0v) is 24.4. The van der Waals surface area contributed by atoms with Gasteiger partial charge in [-0.25, -0.2) is 8.78 Å². The second-order valence-electron chi connectivity index (χ2n) is 11.3. The summed E-state index contributed by atoms with van der Waals surface area (Å²) in [5.41, 5.74) is -1.56. The molecular weight excluding hydrogens is 571 g/mol. The Morgan fingerprint density at radius 2 is 1.90 bits per heavy atom. The van der Waals surface area contributed by atoms with Crippen LogP contribution in [0.25, 0.3) is 0 Å². The molecule has 3 aromatic carbocycles. The largest absolute Gasteiger partial charge is 0.495 e. The molecule has 214 valence electrons. The number of nitrogens with zero attached hydrogens (tertiary/aromatic N) is 1. The SMILES string of the molecule is COc1cc(C=O)ccc1NC(=O)C1NC(CC(C)(C)C)C(C#N)(c2ccc(Cl)cc2F)C1c1cccc(Cl)c1F. The lowest BCUT2D eigenvalue weighted by Crippen LogP contribution is -2.45. The first kappa shape index (κ1) is 30.4. The summed E-state index contributed by atoms with van der Waals surface area (Å²) in [5, 5.41) is 16.9. The minimum absolute atomic E-state index is 0.0132. The van der Waals surface area contributed by atoms with Crippen LogP contribution in [-0.4, -0.2) is 31.4 Å². The number of halogens is 4. The predicted molar refractivity (Wildman–Crippen MR) is 155 cm³/mol. The normalized spacial score (nSPS) is 22.2. The van der Waals surface area contributed by atoms with E-state index in [1.165, 1.54) is 55.6 Å². The van der Waals surface area contributed by atoms with Gasteiger partial charge in [0.15, 0.2) is 0 Å². The number of carbonyl (C=O) groups excluding carboxylic acids is 2. The number of ether oxygens (including phenoxy) is 1. The van der Waals surface area contributed by atoms with Crippen LogP contribution < -0.4 is 15.4 Å². The van der Waals surface area contributed by atoms with Crippen molar-refractivity contribution >= 4 is 41.1 Å². The average Bonchev–Trinajstić information content (AvgIpc) is 3.23. The monoisotopic (exact) mass is 599 g/mol.